The molecule has 0 heterocycles. The average molecular weight is 214 g/mol. The Kier molecular flexibility index (Phi) is 5.58. The maximum absolute atomic E-state index is 5.71. The molecule has 1 rings (SSSR count). The van der Waals surface area contributed by atoms with E-state index in [1.54, 1.807) is 0 Å². The van der Waals surface area contributed by atoms with Crippen molar-refractivity contribution in [2.75, 3.05) is 26.2 Å². The molecule has 0 bridgehead atoms. The molecular formula is C12H26N2O. The Morgan fingerprint density at radius 3 is 2.40 bits per heavy atom. The Balaban J connectivity index is 2.34. The van der Waals surface area contributed by atoms with Crippen molar-refractivity contribution in [3.63, 3.8) is 0 Å². The lowest BCUT2D eigenvalue weighted by Crippen LogP contribution is -2.41. The van der Waals surface area contributed by atoms with Crippen LogP contribution in [0.2, 0.25) is 0 Å². The van der Waals surface area contributed by atoms with Crippen LogP contribution in [-0.4, -0.2) is 43.3 Å². The predicted molar refractivity (Wildman–Crippen MR) is 63.9 cm³/mol. The molecule has 1 fully saturated rings. The summed E-state index contributed by atoms with van der Waals surface area (Å²) >= 11 is 0. The normalized spacial score (nSPS) is 18.8. The summed E-state index contributed by atoms with van der Waals surface area (Å²) in [5.41, 5.74) is 5.71. The molecule has 1 aliphatic carbocycles. The molecule has 15 heavy (non-hydrogen) atoms. The first kappa shape index (κ1) is 12.9. The lowest BCUT2D eigenvalue weighted by atomic mass is 10.2. The summed E-state index contributed by atoms with van der Waals surface area (Å²) in [6.45, 7) is 10.2. The fourth-order valence-electron chi connectivity index (χ4n) is 1.97. The van der Waals surface area contributed by atoms with E-state index in [1.807, 2.05) is 6.92 Å². The second kappa shape index (κ2) is 6.46. The molecule has 0 saturated heterocycles. The molecule has 2 N–H and O–H groups in total. The molecule has 0 radical (unpaired) electrons. The van der Waals surface area contributed by atoms with Crippen LogP contribution in [-0.2, 0) is 4.74 Å². The van der Waals surface area contributed by atoms with Gasteiger partial charge in [0, 0.05) is 32.3 Å². The highest BCUT2D eigenvalue weighted by molar-refractivity contribution is 4.86. The summed E-state index contributed by atoms with van der Waals surface area (Å²) in [7, 11) is 0. The van der Waals surface area contributed by atoms with Crippen LogP contribution in [0.15, 0.2) is 0 Å². The van der Waals surface area contributed by atoms with Gasteiger partial charge in [-0.3, -0.25) is 4.90 Å². The van der Waals surface area contributed by atoms with Gasteiger partial charge in [-0.1, -0.05) is 13.8 Å². The van der Waals surface area contributed by atoms with E-state index in [-0.39, 0.29) is 6.10 Å². The molecule has 0 spiro atoms. The Bertz CT molecular complexity index is 169. The van der Waals surface area contributed by atoms with E-state index in [0.717, 1.165) is 25.1 Å². The second-order valence-electron chi connectivity index (χ2n) is 4.89. The number of hydrogen-bond donors (Lipinski definition) is 1. The zero-order valence-corrected chi connectivity index (χ0v) is 10.4. The van der Waals surface area contributed by atoms with Gasteiger partial charge in [0.05, 0.1) is 6.10 Å². The van der Waals surface area contributed by atoms with Crippen LogP contribution in [0.5, 0.6) is 0 Å². The molecule has 3 heteroatoms. The molecule has 0 aromatic heterocycles. The van der Waals surface area contributed by atoms with Crippen LogP contribution in [0.1, 0.15) is 33.6 Å². The lowest BCUT2D eigenvalue weighted by Gasteiger charge is -2.28. The Labute approximate surface area is 94.0 Å². The van der Waals surface area contributed by atoms with Crippen LogP contribution >= 0.6 is 0 Å². The van der Waals surface area contributed by atoms with E-state index < -0.39 is 0 Å². The standard InChI is InChI=1S/C12H26N2O/c1-4-15-12(7-13)9-14(8-10(2)3)11-5-6-11/h10-12H,4-9,13H2,1-3H3. The zero-order chi connectivity index (χ0) is 11.3. The number of nitrogens with two attached hydrogens (primary N) is 1. The fourth-order valence-corrected chi connectivity index (χ4v) is 1.97. The minimum absolute atomic E-state index is 0.217. The first-order chi connectivity index (χ1) is 7.17. The van der Waals surface area contributed by atoms with E-state index >= 15 is 0 Å². The molecule has 0 aromatic rings. The maximum atomic E-state index is 5.71. The number of nitrogens with zero attached hydrogens (tertiary/aromatic N) is 1. The zero-order valence-electron chi connectivity index (χ0n) is 10.4. The van der Waals surface area contributed by atoms with E-state index in [1.165, 1.54) is 19.4 Å². The minimum Gasteiger partial charge on any atom is -0.376 e. The van der Waals surface area contributed by atoms with Crippen molar-refractivity contribution < 1.29 is 4.74 Å². The van der Waals surface area contributed by atoms with Crippen molar-refractivity contribution in [1.82, 2.24) is 4.90 Å². The third-order valence-electron chi connectivity index (χ3n) is 2.77. The molecule has 1 unspecified atom stereocenters. The van der Waals surface area contributed by atoms with E-state index in [9.17, 15) is 0 Å². The number of rotatable bonds is 8. The lowest BCUT2D eigenvalue weighted by molar-refractivity contribution is 0.0341. The summed E-state index contributed by atoms with van der Waals surface area (Å²) in [4.78, 5) is 2.55. The first-order valence-electron chi connectivity index (χ1n) is 6.23. The van der Waals surface area contributed by atoms with Crippen molar-refractivity contribution in [2.45, 2.75) is 45.8 Å². The van der Waals surface area contributed by atoms with Gasteiger partial charge in [0.25, 0.3) is 0 Å². The quantitative estimate of drug-likeness (QED) is 0.665. The summed E-state index contributed by atoms with van der Waals surface area (Å²) in [5.74, 6) is 0.727. The molecular weight excluding hydrogens is 188 g/mol. The van der Waals surface area contributed by atoms with Crippen molar-refractivity contribution in [3.8, 4) is 0 Å². The van der Waals surface area contributed by atoms with Gasteiger partial charge in [-0.25, -0.2) is 0 Å². The van der Waals surface area contributed by atoms with Gasteiger partial charge < -0.3 is 10.5 Å². The van der Waals surface area contributed by atoms with E-state index in [0.29, 0.717) is 6.54 Å². The summed E-state index contributed by atoms with van der Waals surface area (Å²) in [5, 5.41) is 0. The molecule has 0 aromatic carbocycles. The topological polar surface area (TPSA) is 38.5 Å². The second-order valence-corrected chi connectivity index (χ2v) is 4.89. The van der Waals surface area contributed by atoms with Gasteiger partial charge in [-0.15, -0.1) is 0 Å². The van der Waals surface area contributed by atoms with Crippen LogP contribution in [0, 0.1) is 5.92 Å². The Morgan fingerprint density at radius 1 is 1.33 bits per heavy atom. The highest BCUT2D eigenvalue weighted by Gasteiger charge is 2.30. The van der Waals surface area contributed by atoms with Crippen LogP contribution in [0.3, 0.4) is 0 Å². The fraction of sp³-hybridized carbons (Fsp3) is 1.00. The predicted octanol–water partition coefficient (Wildman–Crippen LogP) is 1.47. The van der Waals surface area contributed by atoms with Crippen molar-refractivity contribution in [3.05, 3.63) is 0 Å². The van der Waals surface area contributed by atoms with Crippen LogP contribution in [0.4, 0.5) is 0 Å². The van der Waals surface area contributed by atoms with Crippen LogP contribution < -0.4 is 5.73 Å². The van der Waals surface area contributed by atoms with Gasteiger partial charge in [-0.05, 0) is 25.7 Å². The van der Waals surface area contributed by atoms with Gasteiger partial charge in [0.15, 0.2) is 0 Å². The summed E-state index contributed by atoms with van der Waals surface area (Å²) < 4.78 is 5.61. The third-order valence-corrected chi connectivity index (χ3v) is 2.77. The van der Waals surface area contributed by atoms with E-state index in [4.69, 9.17) is 10.5 Å². The molecule has 0 amide bonds. The molecule has 1 saturated carbocycles. The number of hydrogen-bond acceptors (Lipinski definition) is 3. The minimum atomic E-state index is 0.217. The maximum Gasteiger partial charge on any atom is 0.0823 e. The molecule has 0 aliphatic heterocycles. The van der Waals surface area contributed by atoms with Gasteiger partial charge in [0.2, 0.25) is 0 Å². The average Bonchev–Trinajstić information content (AvgIpc) is 2.98. The molecule has 90 valence electrons. The summed E-state index contributed by atoms with van der Waals surface area (Å²) in [6, 6.07) is 0.807. The third kappa shape index (κ3) is 4.96. The van der Waals surface area contributed by atoms with Gasteiger partial charge >= 0.3 is 0 Å². The Morgan fingerprint density at radius 2 is 2.00 bits per heavy atom. The highest BCUT2D eigenvalue weighted by atomic mass is 16.5. The first-order valence-corrected chi connectivity index (χ1v) is 6.23. The molecule has 3 nitrogen and oxygen atoms in total. The Hall–Kier alpha value is -0.120. The largest absolute Gasteiger partial charge is 0.376 e. The van der Waals surface area contributed by atoms with Gasteiger partial charge in [0.1, 0.15) is 0 Å². The van der Waals surface area contributed by atoms with Crippen molar-refractivity contribution in [2.24, 2.45) is 11.7 Å². The van der Waals surface area contributed by atoms with Crippen molar-refractivity contribution >= 4 is 0 Å². The molecule has 1 atom stereocenters. The van der Waals surface area contributed by atoms with E-state index in [2.05, 4.69) is 18.7 Å². The monoisotopic (exact) mass is 214 g/mol. The smallest absolute Gasteiger partial charge is 0.0823 e. The summed E-state index contributed by atoms with van der Waals surface area (Å²) in [6.07, 6.45) is 2.93. The SMILES string of the molecule is CCOC(CN)CN(CC(C)C)C1CC1. The molecule has 1 aliphatic rings. The van der Waals surface area contributed by atoms with Crippen LogP contribution in [0.25, 0.3) is 0 Å². The number of ether oxygens (including phenoxy) is 1. The van der Waals surface area contributed by atoms with Gasteiger partial charge in [-0.2, -0.15) is 0 Å². The van der Waals surface area contributed by atoms with Crippen molar-refractivity contribution in [1.29, 1.82) is 0 Å². The highest BCUT2D eigenvalue weighted by Crippen LogP contribution is 2.27.